The van der Waals surface area contributed by atoms with Crippen molar-refractivity contribution in [3.63, 3.8) is 0 Å². The molecule has 1 aromatic heterocycles. The maximum Gasteiger partial charge on any atom is 0.222 e. The highest BCUT2D eigenvalue weighted by atomic mass is 32.1. The molecule has 2 N–H and O–H groups in total. The van der Waals surface area contributed by atoms with Crippen molar-refractivity contribution in [2.24, 2.45) is 0 Å². The first-order valence-corrected chi connectivity index (χ1v) is 11.3. The van der Waals surface area contributed by atoms with Crippen molar-refractivity contribution in [2.45, 2.75) is 45.3 Å². The molecule has 1 aliphatic rings. The Morgan fingerprint density at radius 2 is 1.94 bits per heavy atom. The summed E-state index contributed by atoms with van der Waals surface area (Å²) in [7, 11) is 0. The molecule has 0 spiro atoms. The van der Waals surface area contributed by atoms with Gasteiger partial charge in [0.1, 0.15) is 0 Å². The zero-order chi connectivity index (χ0) is 21.6. The predicted molar refractivity (Wildman–Crippen MR) is 125 cm³/mol. The van der Waals surface area contributed by atoms with E-state index in [0.717, 1.165) is 49.4 Å². The number of benzene rings is 2. The van der Waals surface area contributed by atoms with E-state index in [1.54, 1.807) is 0 Å². The van der Waals surface area contributed by atoms with Crippen LogP contribution in [-0.2, 0) is 17.9 Å². The summed E-state index contributed by atoms with van der Waals surface area (Å²) in [6.07, 6.45) is 2.35. The molecule has 2 aromatic carbocycles. The summed E-state index contributed by atoms with van der Waals surface area (Å²) in [4.78, 5) is 15.0. The number of aromatic nitrogens is 3. The zero-order valence-electron chi connectivity index (χ0n) is 17.9. The van der Waals surface area contributed by atoms with Crippen molar-refractivity contribution in [1.29, 1.82) is 0 Å². The minimum atomic E-state index is 0.0693. The van der Waals surface area contributed by atoms with Gasteiger partial charge < -0.3 is 5.32 Å². The molecule has 3 aromatic rings. The normalized spacial score (nSPS) is 15.1. The number of hydrogen-bond donors (Lipinski definition) is 2. The smallest absolute Gasteiger partial charge is 0.222 e. The Kier molecular flexibility index (Phi) is 6.94. The molecule has 0 saturated carbocycles. The largest absolute Gasteiger partial charge is 0.353 e. The van der Waals surface area contributed by atoms with Gasteiger partial charge in [-0.25, -0.2) is 0 Å². The van der Waals surface area contributed by atoms with Crippen LogP contribution < -0.4 is 5.32 Å². The van der Waals surface area contributed by atoms with Gasteiger partial charge in [-0.1, -0.05) is 54.1 Å². The van der Waals surface area contributed by atoms with E-state index in [0.29, 0.717) is 17.7 Å². The molecule has 2 heterocycles. The van der Waals surface area contributed by atoms with Crippen molar-refractivity contribution >= 4 is 18.1 Å². The summed E-state index contributed by atoms with van der Waals surface area (Å²) < 4.78 is 2.45. The third-order valence-electron chi connectivity index (χ3n) is 5.80. The molecule has 7 heteroatoms. The van der Waals surface area contributed by atoms with Crippen LogP contribution in [0.15, 0.2) is 54.6 Å². The molecule has 31 heavy (non-hydrogen) atoms. The average molecular weight is 436 g/mol. The van der Waals surface area contributed by atoms with Gasteiger partial charge in [0.05, 0.1) is 0 Å². The third kappa shape index (κ3) is 5.68. The van der Waals surface area contributed by atoms with Crippen molar-refractivity contribution in [3.8, 4) is 11.4 Å². The van der Waals surface area contributed by atoms with Crippen LogP contribution in [0, 0.1) is 11.7 Å². The summed E-state index contributed by atoms with van der Waals surface area (Å²) in [6.45, 7) is 5.54. The number of piperidine rings is 1. The minimum Gasteiger partial charge on any atom is -0.353 e. The third-order valence-corrected chi connectivity index (χ3v) is 6.11. The molecule has 0 unspecified atom stereocenters. The first kappa shape index (κ1) is 21.5. The molecule has 0 atom stereocenters. The highest BCUT2D eigenvalue weighted by Gasteiger charge is 2.21. The fourth-order valence-corrected chi connectivity index (χ4v) is 4.34. The van der Waals surface area contributed by atoms with E-state index in [2.05, 4.69) is 50.7 Å². The molecule has 1 saturated heterocycles. The van der Waals surface area contributed by atoms with Gasteiger partial charge in [-0.15, -0.1) is 0 Å². The lowest BCUT2D eigenvalue weighted by molar-refractivity contribution is -0.122. The molecule has 0 aliphatic carbocycles. The van der Waals surface area contributed by atoms with E-state index in [1.165, 1.54) is 5.56 Å². The number of aryl methyl sites for hydroxylation is 1. The van der Waals surface area contributed by atoms with Crippen LogP contribution in [0.25, 0.3) is 11.4 Å². The molecule has 4 rings (SSSR count). The standard InChI is InChI=1S/C24H29N5OS/c1-18-6-5-9-20(16-18)23-26-27-24(31)29(23)15-12-22(30)25-21-10-13-28(14-11-21)17-19-7-3-2-4-8-19/h2-9,16,21H,10-15,17H2,1H3,(H,25,30)(H,27,31). The number of rotatable bonds is 7. The summed E-state index contributed by atoms with van der Waals surface area (Å²) in [5.74, 6) is 0.843. The molecular formula is C24H29N5OS. The molecule has 0 radical (unpaired) electrons. The van der Waals surface area contributed by atoms with Gasteiger partial charge in [-0.2, -0.15) is 5.10 Å². The molecule has 0 bridgehead atoms. The van der Waals surface area contributed by atoms with Crippen LogP contribution in [-0.4, -0.2) is 44.7 Å². The fourth-order valence-electron chi connectivity index (χ4n) is 4.12. The average Bonchev–Trinajstić information content (AvgIpc) is 3.15. The molecular weight excluding hydrogens is 406 g/mol. The number of hydrogen-bond acceptors (Lipinski definition) is 4. The lowest BCUT2D eigenvalue weighted by atomic mass is 10.0. The van der Waals surface area contributed by atoms with Crippen molar-refractivity contribution < 1.29 is 4.79 Å². The van der Waals surface area contributed by atoms with Crippen molar-refractivity contribution in [1.82, 2.24) is 25.0 Å². The number of aromatic amines is 1. The Morgan fingerprint density at radius 3 is 2.68 bits per heavy atom. The van der Waals surface area contributed by atoms with E-state index < -0.39 is 0 Å². The van der Waals surface area contributed by atoms with E-state index in [4.69, 9.17) is 12.2 Å². The van der Waals surface area contributed by atoms with Gasteiger partial charge in [0.2, 0.25) is 5.91 Å². The number of carbonyl (C=O) groups is 1. The number of nitrogens with one attached hydrogen (secondary N) is 2. The summed E-state index contributed by atoms with van der Waals surface area (Å²) in [6, 6.07) is 18.9. The predicted octanol–water partition coefficient (Wildman–Crippen LogP) is 4.09. The van der Waals surface area contributed by atoms with Crippen LogP contribution >= 0.6 is 12.2 Å². The zero-order valence-corrected chi connectivity index (χ0v) is 18.7. The first-order chi connectivity index (χ1) is 15.1. The second-order valence-electron chi connectivity index (χ2n) is 8.23. The molecule has 1 fully saturated rings. The quantitative estimate of drug-likeness (QED) is 0.549. The fraction of sp³-hybridized carbons (Fsp3) is 0.375. The van der Waals surface area contributed by atoms with Crippen LogP contribution in [0.5, 0.6) is 0 Å². The first-order valence-electron chi connectivity index (χ1n) is 10.9. The van der Waals surface area contributed by atoms with E-state index >= 15 is 0 Å². The van der Waals surface area contributed by atoms with Crippen LogP contribution in [0.3, 0.4) is 0 Å². The van der Waals surface area contributed by atoms with Gasteiger partial charge in [0, 0.05) is 44.2 Å². The van der Waals surface area contributed by atoms with Crippen LogP contribution in [0.2, 0.25) is 0 Å². The Labute approximate surface area is 188 Å². The van der Waals surface area contributed by atoms with Gasteiger partial charge in [0.15, 0.2) is 10.6 Å². The molecule has 1 aliphatic heterocycles. The monoisotopic (exact) mass is 435 g/mol. The Hall–Kier alpha value is -2.77. The van der Waals surface area contributed by atoms with Gasteiger partial charge in [-0.05, 0) is 43.6 Å². The summed E-state index contributed by atoms with van der Waals surface area (Å²) in [5.41, 5.74) is 3.50. The summed E-state index contributed by atoms with van der Waals surface area (Å²) in [5, 5.41) is 10.4. The van der Waals surface area contributed by atoms with Crippen molar-refractivity contribution in [3.05, 3.63) is 70.5 Å². The lowest BCUT2D eigenvalue weighted by Gasteiger charge is -2.32. The van der Waals surface area contributed by atoms with Gasteiger partial charge >= 0.3 is 0 Å². The second kappa shape index (κ2) is 10.0. The lowest BCUT2D eigenvalue weighted by Crippen LogP contribution is -2.44. The Bertz CT molecular complexity index is 1070. The minimum absolute atomic E-state index is 0.0693. The number of carbonyl (C=O) groups excluding carboxylic acids is 1. The molecule has 6 nitrogen and oxygen atoms in total. The number of likely N-dealkylation sites (tertiary alicyclic amines) is 1. The Balaban J connectivity index is 1.27. The van der Waals surface area contributed by atoms with E-state index in [1.807, 2.05) is 35.8 Å². The van der Waals surface area contributed by atoms with E-state index in [-0.39, 0.29) is 11.9 Å². The van der Waals surface area contributed by atoms with Crippen LogP contribution in [0.4, 0.5) is 0 Å². The highest BCUT2D eigenvalue weighted by Crippen LogP contribution is 2.19. The van der Waals surface area contributed by atoms with Gasteiger partial charge in [-0.3, -0.25) is 19.4 Å². The van der Waals surface area contributed by atoms with E-state index in [9.17, 15) is 4.79 Å². The topological polar surface area (TPSA) is 66.0 Å². The number of H-pyrrole nitrogens is 1. The number of amides is 1. The Morgan fingerprint density at radius 1 is 1.16 bits per heavy atom. The SMILES string of the molecule is Cc1cccc(-c2n[nH]c(=S)n2CCC(=O)NC2CCN(Cc3ccccc3)CC2)c1. The highest BCUT2D eigenvalue weighted by molar-refractivity contribution is 7.71. The number of nitrogens with zero attached hydrogens (tertiary/aromatic N) is 3. The molecule has 162 valence electrons. The van der Waals surface area contributed by atoms with Crippen LogP contribution in [0.1, 0.15) is 30.4 Å². The van der Waals surface area contributed by atoms with Gasteiger partial charge in [0.25, 0.3) is 0 Å². The summed E-state index contributed by atoms with van der Waals surface area (Å²) >= 11 is 5.39. The maximum atomic E-state index is 12.6. The van der Waals surface area contributed by atoms with Crippen molar-refractivity contribution in [2.75, 3.05) is 13.1 Å². The second-order valence-corrected chi connectivity index (χ2v) is 8.61. The maximum absolute atomic E-state index is 12.6. The molecule has 1 amide bonds.